The predicted molar refractivity (Wildman–Crippen MR) is 86.1 cm³/mol. The van der Waals surface area contributed by atoms with Crippen LogP contribution in [0.5, 0.6) is 0 Å². The van der Waals surface area contributed by atoms with Crippen molar-refractivity contribution in [2.75, 3.05) is 0 Å². The number of fused-ring (bicyclic) bond motifs is 1. The number of aryl methyl sites for hydroxylation is 1. The lowest BCUT2D eigenvalue weighted by Gasteiger charge is -2.11. The van der Waals surface area contributed by atoms with E-state index in [-0.39, 0.29) is 0 Å². The molecule has 3 aromatic rings. The standard InChI is InChI=1S/C17H14Cl2O2/c1-10-17(12-4-2-3-5-16(12)21-10)15(20)9-11-6-7-13(18)14(19)8-11/h2-8,15,20H,9H2,1H3. The van der Waals surface area contributed by atoms with Gasteiger partial charge in [0.2, 0.25) is 0 Å². The third-order valence-corrected chi connectivity index (χ3v) is 4.30. The van der Waals surface area contributed by atoms with Gasteiger partial charge in [0, 0.05) is 17.4 Å². The number of rotatable bonds is 3. The Balaban J connectivity index is 1.95. The fourth-order valence-corrected chi connectivity index (χ4v) is 2.91. The quantitative estimate of drug-likeness (QED) is 0.708. The highest BCUT2D eigenvalue weighted by molar-refractivity contribution is 6.42. The van der Waals surface area contributed by atoms with Crippen molar-refractivity contribution in [3.63, 3.8) is 0 Å². The van der Waals surface area contributed by atoms with Crippen LogP contribution in [0.25, 0.3) is 11.0 Å². The normalized spacial score (nSPS) is 12.8. The van der Waals surface area contributed by atoms with Crippen LogP contribution in [-0.2, 0) is 6.42 Å². The monoisotopic (exact) mass is 320 g/mol. The molecule has 0 amide bonds. The molecule has 0 saturated heterocycles. The molecule has 1 heterocycles. The van der Waals surface area contributed by atoms with E-state index in [2.05, 4.69) is 0 Å². The summed E-state index contributed by atoms with van der Waals surface area (Å²) in [5, 5.41) is 12.5. The van der Waals surface area contributed by atoms with Crippen LogP contribution in [0.4, 0.5) is 0 Å². The second kappa shape index (κ2) is 5.72. The van der Waals surface area contributed by atoms with Crippen molar-refractivity contribution in [1.29, 1.82) is 0 Å². The summed E-state index contributed by atoms with van der Waals surface area (Å²) in [6.45, 7) is 1.87. The molecule has 3 rings (SSSR count). The van der Waals surface area contributed by atoms with Crippen LogP contribution in [0.15, 0.2) is 46.9 Å². The van der Waals surface area contributed by atoms with Gasteiger partial charge in [-0.05, 0) is 30.7 Å². The highest BCUT2D eigenvalue weighted by atomic mass is 35.5. The van der Waals surface area contributed by atoms with Gasteiger partial charge in [-0.3, -0.25) is 0 Å². The van der Waals surface area contributed by atoms with Crippen molar-refractivity contribution < 1.29 is 9.52 Å². The van der Waals surface area contributed by atoms with Gasteiger partial charge >= 0.3 is 0 Å². The van der Waals surface area contributed by atoms with Crippen LogP contribution < -0.4 is 0 Å². The Hall–Kier alpha value is -1.48. The van der Waals surface area contributed by atoms with Gasteiger partial charge < -0.3 is 9.52 Å². The van der Waals surface area contributed by atoms with Gasteiger partial charge in [0.05, 0.1) is 16.1 Å². The number of halogens is 2. The van der Waals surface area contributed by atoms with Crippen LogP contribution in [0, 0.1) is 6.92 Å². The fourth-order valence-electron chi connectivity index (χ4n) is 2.59. The maximum absolute atomic E-state index is 10.6. The topological polar surface area (TPSA) is 33.4 Å². The van der Waals surface area contributed by atoms with E-state index in [0.29, 0.717) is 16.5 Å². The van der Waals surface area contributed by atoms with Gasteiger partial charge in [0.25, 0.3) is 0 Å². The van der Waals surface area contributed by atoms with E-state index >= 15 is 0 Å². The van der Waals surface area contributed by atoms with E-state index in [4.69, 9.17) is 27.6 Å². The first-order chi connectivity index (χ1) is 10.1. The molecule has 21 heavy (non-hydrogen) atoms. The summed E-state index contributed by atoms with van der Waals surface area (Å²) >= 11 is 11.9. The molecule has 2 aromatic carbocycles. The molecular formula is C17H14Cl2O2. The van der Waals surface area contributed by atoms with Crippen molar-refractivity contribution in [3.8, 4) is 0 Å². The number of hydrogen-bond acceptors (Lipinski definition) is 2. The number of aliphatic hydroxyl groups is 1. The first kappa shape index (κ1) is 14.5. The zero-order chi connectivity index (χ0) is 15.0. The molecule has 0 aliphatic rings. The van der Waals surface area contributed by atoms with Crippen LogP contribution in [0.2, 0.25) is 10.0 Å². The van der Waals surface area contributed by atoms with Gasteiger partial charge in [0.15, 0.2) is 0 Å². The summed E-state index contributed by atoms with van der Waals surface area (Å²) in [6.07, 6.45) is -0.188. The van der Waals surface area contributed by atoms with Crippen LogP contribution in [0.3, 0.4) is 0 Å². The summed E-state index contributed by atoms with van der Waals surface area (Å²) in [6, 6.07) is 13.1. The third kappa shape index (κ3) is 2.80. The van der Waals surface area contributed by atoms with Gasteiger partial charge in [-0.1, -0.05) is 47.5 Å². The summed E-state index contributed by atoms with van der Waals surface area (Å²) in [5.41, 5.74) is 2.55. The molecule has 0 saturated carbocycles. The van der Waals surface area contributed by atoms with Gasteiger partial charge in [0.1, 0.15) is 11.3 Å². The predicted octanol–water partition coefficient (Wildman–Crippen LogP) is 5.32. The largest absolute Gasteiger partial charge is 0.461 e. The first-order valence-electron chi connectivity index (χ1n) is 6.66. The molecule has 1 atom stereocenters. The van der Waals surface area contributed by atoms with Gasteiger partial charge in [-0.15, -0.1) is 0 Å². The average molecular weight is 321 g/mol. The molecular weight excluding hydrogens is 307 g/mol. The summed E-state index contributed by atoms with van der Waals surface area (Å²) in [4.78, 5) is 0. The van der Waals surface area contributed by atoms with Crippen molar-refractivity contribution in [2.24, 2.45) is 0 Å². The Morgan fingerprint density at radius 1 is 1.10 bits per heavy atom. The van der Waals surface area contributed by atoms with E-state index in [1.807, 2.05) is 37.3 Å². The van der Waals surface area contributed by atoms with Crippen molar-refractivity contribution in [3.05, 3.63) is 69.4 Å². The Morgan fingerprint density at radius 2 is 1.86 bits per heavy atom. The minimum Gasteiger partial charge on any atom is -0.461 e. The molecule has 0 spiro atoms. The minimum absolute atomic E-state index is 0.460. The van der Waals surface area contributed by atoms with E-state index in [1.165, 1.54) is 0 Å². The molecule has 1 N–H and O–H groups in total. The lowest BCUT2D eigenvalue weighted by molar-refractivity contribution is 0.177. The molecule has 0 aliphatic heterocycles. The number of para-hydroxylation sites is 1. The van der Waals surface area contributed by atoms with E-state index in [0.717, 1.165) is 27.9 Å². The number of benzene rings is 2. The average Bonchev–Trinajstić information content (AvgIpc) is 2.78. The van der Waals surface area contributed by atoms with Crippen molar-refractivity contribution in [2.45, 2.75) is 19.4 Å². The maximum atomic E-state index is 10.6. The minimum atomic E-state index is -0.647. The van der Waals surface area contributed by atoms with E-state index < -0.39 is 6.10 Å². The second-order valence-corrected chi connectivity index (χ2v) is 5.85. The molecule has 0 radical (unpaired) electrons. The third-order valence-electron chi connectivity index (χ3n) is 3.57. The highest BCUT2D eigenvalue weighted by Gasteiger charge is 2.19. The van der Waals surface area contributed by atoms with Crippen LogP contribution in [-0.4, -0.2) is 5.11 Å². The van der Waals surface area contributed by atoms with E-state index in [1.54, 1.807) is 12.1 Å². The molecule has 0 bridgehead atoms. The Bertz CT molecular complexity index is 793. The Labute approximate surface area is 132 Å². The molecule has 2 nitrogen and oxygen atoms in total. The summed E-state index contributed by atoms with van der Waals surface area (Å²) < 4.78 is 5.69. The zero-order valence-electron chi connectivity index (χ0n) is 11.4. The lowest BCUT2D eigenvalue weighted by Crippen LogP contribution is -2.02. The number of furan rings is 1. The number of hydrogen-bond donors (Lipinski definition) is 1. The number of aliphatic hydroxyl groups excluding tert-OH is 1. The SMILES string of the molecule is Cc1oc2ccccc2c1C(O)Cc1ccc(Cl)c(Cl)c1. The molecule has 1 unspecified atom stereocenters. The van der Waals surface area contributed by atoms with E-state index in [9.17, 15) is 5.11 Å². The van der Waals surface area contributed by atoms with Crippen LogP contribution in [0.1, 0.15) is 23.0 Å². The van der Waals surface area contributed by atoms with Gasteiger partial charge in [-0.2, -0.15) is 0 Å². The smallest absolute Gasteiger partial charge is 0.134 e. The molecule has 108 valence electrons. The zero-order valence-corrected chi connectivity index (χ0v) is 12.9. The van der Waals surface area contributed by atoms with Gasteiger partial charge in [-0.25, -0.2) is 0 Å². The van der Waals surface area contributed by atoms with Crippen molar-refractivity contribution in [1.82, 2.24) is 0 Å². The second-order valence-electron chi connectivity index (χ2n) is 5.04. The maximum Gasteiger partial charge on any atom is 0.134 e. The Kier molecular flexibility index (Phi) is 3.94. The molecule has 1 aromatic heterocycles. The first-order valence-corrected chi connectivity index (χ1v) is 7.42. The summed E-state index contributed by atoms with van der Waals surface area (Å²) in [7, 11) is 0. The van der Waals surface area contributed by atoms with Crippen molar-refractivity contribution >= 4 is 34.2 Å². The highest BCUT2D eigenvalue weighted by Crippen LogP contribution is 2.33. The molecule has 4 heteroatoms. The van der Waals surface area contributed by atoms with Crippen LogP contribution >= 0.6 is 23.2 Å². The summed E-state index contributed by atoms with van der Waals surface area (Å²) in [5.74, 6) is 0.740. The molecule has 0 aliphatic carbocycles. The Morgan fingerprint density at radius 3 is 2.62 bits per heavy atom. The fraction of sp³-hybridized carbons (Fsp3) is 0.176. The molecule has 0 fully saturated rings. The lowest BCUT2D eigenvalue weighted by atomic mass is 9.99.